The van der Waals surface area contributed by atoms with E-state index in [0.29, 0.717) is 5.57 Å². The molecule has 5 nitrogen and oxygen atoms in total. The van der Waals surface area contributed by atoms with Crippen LogP contribution in [0.5, 0.6) is 5.75 Å². The van der Waals surface area contributed by atoms with E-state index in [-0.39, 0.29) is 5.91 Å². The van der Waals surface area contributed by atoms with E-state index >= 15 is 0 Å². The average Bonchev–Trinajstić information content (AvgIpc) is 3.34. The number of imidazole rings is 1. The van der Waals surface area contributed by atoms with Gasteiger partial charge >= 0.3 is 0 Å². The lowest BCUT2D eigenvalue weighted by Crippen LogP contribution is -2.20. The Hall–Kier alpha value is -3.38. The first-order valence-corrected chi connectivity index (χ1v) is 10.5. The zero-order valence-electron chi connectivity index (χ0n) is 17.3. The molecular formula is C24H21N3O2S. The van der Waals surface area contributed by atoms with Gasteiger partial charge in [-0.25, -0.2) is 4.98 Å². The van der Waals surface area contributed by atoms with Gasteiger partial charge in [-0.1, -0.05) is 29.8 Å². The van der Waals surface area contributed by atoms with E-state index in [0.717, 1.165) is 38.9 Å². The van der Waals surface area contributed by atoms with Crippen LogP contribution in [0.3, 0.4) is 0 Å². The van der Waals surface area contributed by atoms with Crippen LogP contribution in [0.4, 0.5) is 5.69 Å². The summed E-state index contributed by atoms with van der Waals surface area (Å²) in [5, 5.41) is 0. The molecule has 6 heteroatoms. The van der Waals surface area contributed by atoms with Crippen molar-refractivity contribution in [3.63, 3.8) is 0 Å². The topological polar surface area (TPSA) is 46.8 Å². The number of hydrogen-bond acceptors (Lipinski definition) is 4. The quantitative estimate of drug-likeness (QED) is 0.432. The lowest BCUT2D eigenvalue weighted by molar-refractivity contribution is -0.112. The lowest BCUT2D eigenvalue weighted by Gasteiger charge is -2.09. The van der Waals surface area contributed by atoms with Crippen molar-refractivity contribution in [3.8, 4) is 17.0 Å². The first-order chi connectivity index (χ1) is 14.5. The number of carbonyl (C=O) groups is 1. The summed E-state index contributed by atoms with van der Waals surface area (Å²) in [5.74, 6) is 0.696. The molecule has 0 saturated heterocycles. The molecule has 5 rings (SSSR count). The van der Waals surface area contributed by atoms with Gasteiger partial charge in [0.15, 0.2) is 4.96 Å². The van der Waals surface area contributed by atoms with Crippen molar-refractivity contribution in [2.45, 2.75) is 13.8 Å². The Morgan fingerprint density at radius 2 is 1.87 bits per heavy atom. The molecule has 0 aliphatic carbocycles. The second-order valence-corrected chi connectivity index (χ2v) is 8.72. The molecular weight excluding hydrogens is 394 g/mol. The number of methoxy groups -OCH3 is 1. The van der Waals surface area contributed by atoms with E-state index < -0.39 is 0 Å². The van der Waals surface area contributed by atoms with Crippen molar-refractivity contribution >= 4 is 39.5 Å². The van der Waals surface area contributed by atoms with Gasteiger partial charge in [-0.15, -0.1) is 11.3 Å². The first kappa shape index (κ1) is 18.6. The Bertz CT molecular complexity index is 1330. The number of fused-ring (bicyclic) bond motifs is 2. The largest absolute Gasteiger partial charge is 0.497 e. The molecule has 1 amide bonds. The third-order valence-electron chi connectivity index (χ3n) is 5.48. The minimum atomic E-state index is -0.0324. The number of amides is 1. The summed E-state index contributed by atoms with van der Waals surface area (Å²) >= 11 is 1.64. The Morgan fingerprint density at radius 3 is 2.60 bits per heavy atom. The van der Waals surface area contributed by atoms with Crippen molar-refractivity contribution < 1.29 is 9.53 Å². The van der Waals surface area contributed by atoms with Gasteiger partial charge in [0.05, 0.1) is 29.8 Å². The summed E-state index contributed by atoms with van der Waals surface area (Å²) in [6.45, 7) is 4.13. The molecule has 0 fully saturated rings. The Labute approximate surface area is 178 Å². The number of nitrogens with zero attached hydrogens (tertiary/aromatic N) is 3. The fourth-order valence-electron chi connectivity index (χ4n) is 3.87. The van der Waals surface area contributed by atoms with Crippen LogP contribution in [0.15, 0.2) is 48.7 Å². The Balaban J connectivity index is 1.76. The van der Waals surface area contributed by atoms with Gasteiger partial charge in [0.2, 0.25) is 0 Å². The van der Waals surface area contributed by atoms with Gasteiger partial charge < -0.3 is 9.64 Å². The van der Waals surface area contributed by atoms with E-state index in [1.807, 2.05) is 24.3 Å². The Kier molecular flexibility index (Phi) is 4.25. The summed E-state index contributed by atoms with van der Waals surface area (Å²) in [7, 11) is 3.44. The number of anilines is 1. The molecule has 0 atom stereocenters. The molecule has 3 heterocycles. The average molecular weight is 416 g/mol. The molecule has 1 aliphatic rings. The SMILES string of the molecule is COc1ccc2c(c1)/C(=C\c1c(-c3ccc(C)cc3)nc3sc(C)cn13)C(=O)N2C. The molecule has 0 unspecified atom stereocenters. The van der Waals surface area contributed by atoms with E-state index in [9.17, 15) is 4.79 Å². The summed E-state index contributed by atoms with van der Waals surface area (Å²) in [5.41, 5.74) is 6.41. The van der Waals surface area contributed by atoms with Crippen LogP contribution < -0.4 is 9.64 Å². The van der Waals surface area contributed by atoms with Crippen LogP contribution in [0.25, 0.3) is 27.9 Å². The monoisotopic (exact) mass is 415 g/mol. The van der Waals surface area contributed by atoms with Crippen LogP contribution in [0.2, 0.25) is 0 Å². The number of likely N-dealkylation sites (N-methyl/N-ethyl adjacent to an activating group) is 1. The molecule has 150 valence electrons. The molecule has 0 bridgehead atoms. The highest BCUT2D eigenvalue weighted by Gasteiger charge is 2.31. The highest BCUT2D eigenvalue weighted by Crippen LogP contribution is 2.40. The van der Waals surface area contributed by atoms with Gasteiger partial charge in [-0.3, -0.25) is 9.20 Å². The summed E-state index contributed by atoms with van der Waals surface area (Å²) in [6, 6.07) is 14.0. The van der Waals surface area contributed by atoms with E-state index in [1.165, 1.54) is 10.4 Å². The van der Waals surface area contributed by atoms with E-state index in [1.54, 1.807) is 30.4 Å². The summed E-state index contributed by atoms with van der Waals surface area (Å²) in [6.07, 6.45) is 4.04. The summed E-state index contributed by atoms with van der Waals surface area (Å²) in [4.78, 5) is 21.8. The number of aryl methyl sites for hydroxylation is 2. The third-order valence-corrected chi connectivity index (χ3v) is 6.37. The predicted molar refractivity (Wildman–Crippen MR) is 122 cm³/mol. The number of hydrogen-bond donors (Lipinski definition) is 0. The molecule has 2 aromatic carbocycles. The highest BCUT2D eigenvalue weighted by molar-refractivity contribution is 7.17. The molecule has 0 saturated carbocycles. The first-order valence-electron chi connectivity index (χ1n) is 9.70. The summed E-state index contributed by atoms with van der Waals surface area (Å²) < 4.78 is 7.48. The molecule has 4 aromatic rings. The minimum Gasteiger partial charge on any atom is -0.497 e. The maximum atomic E-state index is 13.1. The van der Waals surface area contributed by atoms with Gasteiger partial charge in [-0.2, -0.15) is 0 Å². The fourth-order valence-corrected chi connectivity index (χ4v) is 4.70. The van der Waals surface area contributed by atoms with Crippen molar-refractivity contribution in [2.24, 2.45) is 0 Å². The van der Waals surface area contributed by atoms with Crippen molar-refractivity contribution in [3.05, 3.63) is 70.4 Å². The van der Waals surface area contributed by atoms with Crippen molar-refractivity contribution in [1.82, 2.24) is 9.38 Å². The van der Waals surface area contributed by atoms with Crippen LogP contribution in [0.1, 0.15) is 21.7 Å². The maximum Gasteiger partial charge on any atom is 0.258 e. The fraction of sp³-hybridized carbons (Fsp3) is 0.167. The van der Waals surface area contributed by atoms with Crippen LogP contribution >= 0.6 is 11.3 Å². The maximum absolute atomic E-state index is 13.1. The normalized spacial score (nSPS) is 14.7. The van der Waals surface area contributed by atoms with E-state index in [4.69, 9.17) is 9.72 Å². The van der Waals surface area contributed by atoms with Gasteiger partial charge in [0, 0.05) is 29.2 Å². The standard InChI is InChI=1S/C24H21N3O2S/c1-14-5-7-16(8-6-14)22-21(27-13-15(2)30-24(27)25-22)12-19-18-11-17(29-4)9-10-20(18)26(3)23(19)28/h5-13H,1-4H3/b19-12+. The number of carbonyl (C=O) groups excluding carboxylic acids is 1. The van der Waals surface area contributed by atoms with Crippen molar-refractivity contribution in [1.29, 1.82) is 0 Å². The van der Waals surface area contributed by atoms with Gasteiger partial charge in [0.25, 0.3) is 5.91 Å². The molecule has 0 radical (unpaired) electrons. The second-order valence-electron chi connectivity index (χ2n) is 7.51. The van der Waals surface area contributed by atoms with Crippen LogP contribution in [0, 0.1) is 13.8 Å². The zero-order chi connectivity index (χ0) is 21.0. The number of benzene rings is 2. The second kappa shape index (κ2) is 6.85. The molecule has 1 aliphatic heterocycles. The van der Waals surface area contributed by atoms with Gasteiger partial charge in [0.1, 0.15) is 5.75 Å². The Morgan fingerprint density at radius 1 is 1.10 bits per heavy atom. The number of aromatic nitrogens is 2. The number of thiazole rings is 1. The molecule has 30 heavy (non-hydrogen) atoms. The van der Waals surface area contributed by atoms with Crippen LogP contribution in [-0.2, 0) is 4.79 Å². The van der Waals surface area contributed by atoms with Crippen LogP contribution in [-0.4, -0.2) is 29.4 Å². The smallest absolute Gasteiger partial charge is 0.258 e. The number of rotatable bonds is 3. The molecule has 0 spiro atoms. The molecule has 0 N–H and O–H groups in total. The highest BCUT2D eigenvalue weighted by atomic mass is 32.1. The molecule has 2 aromatic heterocycles. The lowest BCUT2D eigenvalue weighted by atomic mass is 10.0. The minimum absolute atomic E-state index is 0.0324. The van der Waals surface area contributed by atoms with Gasteiger partial charge in [-0.05, 0) is 38.1 Å². The zero-order valence-corrected chi connectivity index (χ0v) is 18.1. The van der Waals surface area contributed by atoms with E-state index in [2.05, 4.69) is 48.7 Å². The predicted octanol–water partition coefficient (Wildman–Crippen LogP) is 5.21. The van der Waals surface area contributed by atoms with Crippen molar-refractivity contribution in [2.75, 3.05) is 19.1 Å². The number of ether oxygens (including phenoxy) is 1. The third kappa shape index (κ3) is 2.83.